The summed E-state index contributed by atoms with van der Waals surface area (Å²) in [5, 5.41) is 3.98. The molecule has 0 atom stereocenters. The minimum absolute atomic E-state index is 0.212. The molecule has 0 saturated heterocycles. The molecule has 0 N–H and O–H groups in total. The minimum Gasteiger partial charge on any atom is -0.310 e. The first-order valence-electron chi connectivity index (χ1n) is 12.4. The maximum Gasteiger partial charge on any atom is 0.264 e. The average Bonchev–Trinajstić information content (AvgIpc) is 3.49. The Balaban J connectivity index is 1.53. The van der Waals surface area contributed by atoms with E-state index in [1.807, 2.05) is 11.3 Å². The molecular weight excluding hydrogens is 455 g/mol. The van der Waals surface area contributed by atoms with Gasteiger partial charge in [-0.15, -0.1) is 11.3 Å². The Bertz CT molecular complexity index is 2020. The van der Waals surface area contributed by atoms with E-state index in [-0.39, 0.29) is 6.71 Å². The van der Waals surface area contributed by atoms with E-state index < -0.39 is 0 Å². The summed E-state index contributed by atoms with van der Waals surface area (Å²) < 4.78 is 5.29. The molecule has 36 heavy (non-hydrogen) atoms. The largest absolute Gasteiger partial charge is 0.310 e. The highest BCUT2D eigenvalue weighted by molar-refractivity contribution is 7.33. The van der Waals surface area contributed by atoms with Crippen molar-refractivity contribution in [3.05, 3.63) is 115 Å². The molecule has 2 nitrogen and oxygen atoms in total. The van der Waals surface area contributed by atoms with Crippen molar-refractivity contribution < 1.29 is 0 Å². The van der Waals surface area contributed by atoms with Crippen LogP contribution in [0.5, 0.6) is 0 Å². The molecule has 4 heterocycles. The number of anilines is 3. The first kappa shape index (κ1) is 19.0. The zero-order valence-electron chi connectivity index (χ0n) is 19.3. The Hall–Kier alpha value is -4.28. The van der Waals surface area contributed by atoms with Gasteiger partial charge in [-0.05, 0) is 47.3 Å². The van der Waals surface area contributed by atoms with Gasteiger partial charge >= 0.3 is 0 Å². The fraction of sp³-hybridized carbons (Fsp3) is 0. The third-order valence-electron chi connectivity index (χ3n) is 7.97. The molecule has 4 heteroatoms. The molecule has 166 valence electrons. The molecule has 2 aromatic heterocycles. The van der Waals surface area contributed by atoms with Crippen LogP contribution >= 0.6 is 11.3 Å². The molecule has 5 aromatic carbocycles. The smallest absolute Gasteiger partial charge is 0.264 e. The Kier molecular flexibility index (Phi) is 3.52. The molecule has 2 aliphatic heterocycles. The van der Waals surface area contributed by atoms with Gasteiger partial charge in [-0.1, -0.05) is 78.9 Å². The summed E-state index contributed by atoms with van der Waals surface area (Å²) in [6.07, 6.45) is 0. The van der Waals surface area contributed by atoms with Gasteiger partial charge in [0, 0.05) is 42.7 Å². The van der Waals surface area contributed by atoms with Gasteiger partial charge in [0.1, 0.15) is 0 Å². The monoisotopic (exact) mass is 474 g/mol. The summed E-state index contributed by atoms with van der Waals surface area (Å²) in [5.41, 5.74) is 10.6. The van der Waals surface area contributed by atoms with E-state index in [0.29, 0.717) is 0 Å². The number of hydrogen-bond acceptors (Lipinski definition) is 2. The molecule has 0 saturated carbocycles. The second-order valence-corrected chi connectivity index (χ2v) is 10.8. The molecule has 0 bridgehead atoms. The Morgan fingerprint density at radius 3 is 2.25 bits per heavy atom. The molecule has 2 aliphatic rings. The van der Waals surface area contributed by atoms with Gasteiger partial charge < -0.3 is 9.47 Å². The zero-order valence-corrected chi connectivity index (χ0v) is 20.2. The Morgan fingerprint density at radius 2 is 1.33 bits per heavy atom. The summed E-state index contributed by atoms with van der Waals surface area (Å²) in [5.74, 6) is 0. The van der Waals surface area contributed by atoms with Gasteiger partial charge in [0.25, 0.3) is 6.71 Å². The van der Waals surface area contributed by atoms with Crippen LogP contribution in [0.15, 0.2) is 115 Å². The van der Waals surface area contributed by atoms with Crippen molar-refractivity contribution in [1.29, 1.82) is 0 Å². The van der Waals surface area contributed by atoms with Crippen LogP contribution in [0.1, 0.15) is 0 Å². The SMILES string of the molecule is c1ccc(N2c3ccc4c5ccccc5n5c4c3B(c3ccccc3-5)c3sc4ccccc4c32)cc1. The highest BCUT2D eigenvalue weighted by Gasteiger charge is 2.43. The van der Waals surface area contributed by atoms with Gasteiger partial charge in [-0.2, -0.15) is 0 Å². The van der Waals surface area contributed by atoms with Crippen molar-refractivity contribution in [2.45, 2.75) is 0 Å². The number of hydrogen-bond donors (Lipinski definition) is 0. The summed E-state index contributed by atoms with van der Waals surface area (Å²) in [7, 11) is 0. The summed E-state index contributed by atoms with van der Waals surface area (Å²) >= 11 is 1.95. The third-order valence-corrected chi connectivity index (χ3v) is 9.19. The maximum atomic E-state index is 2.51. The zero-order chi connectivity index (χ0) is 23.4. The molecular formula is C32H19BN2S. The number of nitrogens with zero attached hydrogens (tertiary/aromatic N) is 2. The van der Waals surface area contributed by atoms with Crippen molar-refractivity contribution in [3.8, 4) is 5.69 Å². The lowest BCUT2D eigenvalue weighted by molar-refractivity contribution is 1.18. The summed E-state index contributed by atoms with van der Waals surface area (Å²) in [4.78, 5) is 2.51. The van der Waals surface area contributed by atoms with E-state index in [0.717, 1.165) is 0 Å². The normalized spacial score (nSPS) is 13.4. The van der Waals surface area contributed by atoms with Crippen LogP contribution in [0.2, 0.25) is 0 Å². The third kappa shape index (κ3) is 2.19. The molecule has 0 spiro atoms. The van der Waals surface area contributed by atoms with E-state index in [9.17, 15) is 0 Å². The number of thiophene rings is 1. The number of para-hydroxylation sites is 3. The van der Waals surface area contributed by atoms with Crippen LogP contribution in [-0.4, -0.2) is 11.3 Å². The molecule has 9 rings (SSSR count). The molecule has 0 unspecified atom stereocenters. The van der Waals surface area contributed by atoms with Crippen molar-refractivity contribution in [2.75, 3.05) is 4.90 Å². The van der Waals surface area contributed by atoms with Crippen LogP contribution in [0.3, 0.4) is 0 Å². The molecule has 0 radical (unpaired) electrons. The lowest BCUT2D eigenvalue weighted by Gasteiger charge is -2.38. The second-order valence-electron chi connectivity index (χ2n) is 9.72. The first-order chi connectivity index (χ1) is 17.9. The number of fused-ring (bicyclic) bond motifs is 10. The van der Waals surface area contributed by atoms with Crippen molar-refractivity contribution in [3.63, 3.8) is 0 Å². The molecule has 7 aromatic rings. The second kappa shape index (κ2) is 6.69. The lowest BCUT2D eigenvalue weighted by Crippen LogP contribution is -2.59. The Morgan fingerprint density at radius 1 is 0.583 bits per heavy atom. The quantitative estimate of drug-likeness (QED) is 0.243. The van der Waals surface area contributed by atoms with E-state index in [4.69, 9.17) is 0 Å². The predicted octanol–water partition coefficient (Wildman–Crippen LogP) is 6.61. The van der Waals surface area contributed by atoms with Crippen LogP contribution in [0.25, 0.3) is 37.6 Å². The fourth-order valence-electron chi connectivity index (χ4n) is 6.61. The number of rotatable bonds is 1. The molecule has 0 aliphatic carbocycles. The average molecular weight is 474 g/mol. The highest BCUT2D eigenvalue weighted by atomic mass is 32.1. The van der Waals surface area contributed by atoms with Crippen LogP contribution in [0.4, 0.5) is 17.1 Å². The van der Waals surface area contributed by atoms with Gasteiger partial charge in [0.05, 0.1) is 16.7 Å². The van der Waals surface area contributed by atoms with E-state index in [1.165, 1.54) is 70.3 Å². The van der Waals surface area contributed by atoms with Crippen LogP contribution < -0.4 is 20.6 Å². The minimum atomic E-state index is 0.212. The van der Waals surface area contributed by atoms with E-state index >= 15 is 0 Å². The molecule has 0 amide bonds. The van der Waals surface area contributed by atoms with Crippen molar-refractivity contribution in [1.82, 2.24) is 4.57 Å². The van der Waals surface area contributed by atoms with Crippen LogP contribution in [-0.2, 0) is 0 Å². The van der Waals surface area contributed by atoms with Gasteiger partial charge in [-0.25, -0.2) is 0 Å². The first-order valence-corrected chi connectivity index (χ1v) is 13.2. The summed E-state index contributed by atoms with van der Waals surface area (Å²) in [6, 6.07) is 42.3. The lowest BCUT2D eigenvalue weighted by atomic mass is 9.36. The summed E-state index contributed by atoms with van der Waals surface area (Å²) in [6.45, 7) is 0.212. The topological polar surface area (TPSA) is 8.17 Å². The van der Waals surface area contributed by atoms with Gasteiger partial charge in [0.2, 0.25) is 0 Å². The fourth-order valence-corrected chi connectivity index (χ4v) is 7.93. The number of aromatic nitrogens is 1. The highest BCUT2D eigenvalue weighted by Crippen LogP contribution is 2.46. The maximum absolute atomic E-state index is 2.51. The standard InChI is InChI=1S/C32H19BN2S/c1-2-10-20(11-3-1)34-27-19-18-22-21-12-4-7-15-25(21)35-26-16-8-6-14-24(26)33(29(27)30(22)35)32-31(34)23-13-5-9-17-28(23)36-32/h1-19H. The Labute approximate surface area is 212 Å². The van der Waals surface area contributed by atoms with E-state index in [1.54, 1.807) is 0 Å². The van der Waals surface area contributed by atoms with Crippen LogP contribution in [0, 0.1) is 0 Å². The van der Waals surface area contributed by atoms with Crippen molar-refractivity contribution in [2.24, 2.45) is 0 Å². The van der Waals surface area contributed by atoms with Gasteiger partial charge in [-0.3, -0.25) is 0 Å². The number of benzene rings is 5. The van der Waals surface area contributed by atoms with E-state index in [2.05, 4.69) is 125 Å². The molecule has 0 fully saturated rings. The van der Waals surface area contributed by atoms with Gasteiger partial charge in [0.15, 0.2) is 0 Å². The van der Waals surface area contributed by atoms with Crippen molar-refractivity contribution >= 4 is 82.7 Å². The predicted molar refractivity (Wildman–Crippen MR) is 156 cm³/mol.